The molecule has 0 saturated carbocycles. The van der Waals surface area contributed by atoms with Gasteiger partial charge in [0.15, 0.2) is 0 Å². The lowest BCUT2D eigenvalue weighted by atomic mass is 10.2. The molecule has 5 nitrogen and oxygen atoms in total. The average molecular weight is 238 g/mol. The third kappa shape index (κ3) is 2.09. The van der Waals surface area contributed by atoms with E-state index in [1.165, 1.54) is 11.3 Å². The average Bonchev–Trinajstić information content (AvgIpc) is 2.55. The van der Waals surface area contributed by atoms with E-state index in [-0.39, 0.29) is 10.6 Å². The summed E-state index contributed by atoms with van der Waals surface area (Å²) >= 11 is 1.17. The molecule has 1 rings (SSSR count). The van der Waals surface area contributed by atoms with E-state index in [0.717, 1.165) is 13.0 Å². The number of nitrogen functional groups attached to an aromatic ring is 1. The van der Waals surface area contributed by atoms with Crippen LogP contribution in [0.4, 0.5) is 10.7 Å². The monoisotopic (exact) mass is 238 g/mol. The lowest BCUT2D eigenvalue weighted by Crippen LogP contribution is -2.17. The summed E-state index contributed by atoms with van der Waals surface area (Å²) in [5.41, 5.74) is 11.4. The summed E-state index contributed by atoms with van der Waals surface area (Å²) in [6.45, 7) is 2.83. The summed E-state index contributed by atoms with van der Waals surface area (Å²) in [6, 6.07) is 2.01. The molecule has 1 aromatic heterocycles. The summed E-state index contributed by atoms with van der Waals surface area (Å²) in [5, 5.41) is 9.71. The summed E-state index contributed by atoms with van der Waals surface area (Å²) in [4.78, 5) is 13.3. The van der Waals surface area contributed by atoms with E-state index < -0.39 is 5.91 Å². The molecular formula is C10H14N4OS. The molecule has 0 saturated heterocycles. The minimum atomic E-state index is -0.588. The highest BCUT2D eigenvalue weighted by atomic mass is 32.1. The zero-order valence-electron chi connectivity index (χ0n) is 9.28. The van der Waals surface area contributed by atoms with Gasteiger partial charge in [-0.2, -0.15) is 5.26 Å². The van der Waals surface area contributed by atoms with Crippen LogP contribution in [0, 0.1) is 11.3 Å². The predicted molar refractivity (Wildman–Crippen MR) is 65.5 cm³/mol. The number of hydrogen-bond donors (Lipinski definition) is 2. The Hall–Kier alpha value is -1.74. The third-order valence-electron chi connectivity index (χ3n) is 2.17. The van der Waals surface area contributed by atoms with Crippen LogP contribution in [0.15, 0.2) is 0 Å². The first-order chi connectivity index (χ1) is 7.52. The van der Waals surface area contributed by atoms with Crippen molar-refractivity contribution in [3.8, 4) is 6.07 Å². The minimum Gasteiger partial charge on any atom is -0.396 e. The molecule has 0 fully saturated rings. The second-order valence-electron chi connectivity index (χ2n) is 3.42. The maximum absolute atomic E-state index is 11.1. The number of nitrogens with zero attached hydrogens (tertiary/aromatic N) is 2. The van der Waals surface area contributed by atoms with Crippen LogP contribution >= 0.6 is 11.3 Å². The van der Waals surface area contributed by atoms with E-state index in [9.17, 15) is 4.79 Å². The highest BCUT2D eigenvalue weighted by Gasteiger charge is 2.21. The maximum atomic E-state index is 11.1. The van der Waals surface area contributed by atoms with Gasteiger partial charge in [-0.1, -0.05) is 6.92 Å². The summed E-state index contributed by atoms with van der Waals surface area (Å²) < 4.78 is 0. The first kappa shape index (κ1) is 12.3. The van der Waals surface area contributed by atoms with Crippen LogP contribution in [0.5, 0.6) is 0 Å². The Morgan fingerprint density at radius 2 is 2.25 bits per heavy atom. The van der Waals surface area contributed by atoms with Crippen molar-refractivity contribution in [3.05, 3.63) is 10.4 Å². The highest BCUT2D eigenvalue weighted by molar-refractivity contribution is 7.19. The maximum Gasteiger partial charge on any atom is 0.261 e. The lowest BCUT2D eigenvalue weighted by Gasteiger charge is -2.15. The number of hydrogen-bond acceptors (Lipinski definition) is 5. The normalized spacial score (nSPS) is 9.81. The minimum absolute atomic E-state index is 0.193. The summed E-state index contributed by atoms with van der Waals surface area (Å²) in [5.74, 6) is -0.588. The van der Waals surface area contributed by atoms with Crippen LogP contribution in [0.3, 0.4) is 0 Å². The quantitative estimate of drug-likeness (QED) is 0.822. The zero-order chi connectivity index (χ0) is 12.3. The fourth-order valence-corrected chi connectivity index (χ4v) is 2.44. The second kappa shape index (κ2) is 4.86. The van der Waals surface area contributed by atoms with Crippen molar-refractivity contribution in [3.63, 3.8) is 0 Å². The van der Waals surface area contributed by atoms with E-state index >= 15 is 0 Å². The van der Waals surface area contributed by atoms with Gasteiger partial charge in [0.1, 0.15) is 21.5 Å². The third-order valence-corrected chi connectivity index (χ3v) is 3.50. The van der Waals surface area contributed by atoms with Crippen molar-refractivity contribution in [2.45, 2.75) is 13.3 Å². The van der Waals surface area contributed by atoms with E-state index in [4.69, 9.17) is 16.7 Å². The fraction of sp³-hybridized carbons (Fsp3) is 0.400. The first-order valence-electron chi connectivity index (χ1n) is 4.86. The van der Waals surface area contributed by atoms with Crippen molar-refractivity contribution in [1.82, 2.24) is 0 Å². The van der Waals surface area contributed by atoms with Gasteiger partial charge in [-0.25, -0.2) is 0 Å². The molecule has 1 amide bonds. The fourth-order valence-electron chi connectivity index (χ4n) is 1.43. The number of rotatable bonds is 4. The molecular weight excluding hydrogens is 224 g/mol. The Balaban J connectivity index is 3.25. The molecule has 0 bridgehead atoms. The molecule has 0 radical (unpaired) electrons. The van der Waals surface area contributed by atoms with Gasteiger partial charge in [0.25, 0.3) is 5.91 Å². The van der Waals surface area contributed by atoms with Gasteiger partial charge in [0, 0.05) is 13.6 Å². The molecule has 1 aromatic rings. The SMILES string of the molecule is CCCN(C)c1sc(C(N)=O)c(N)c1C#N. The molecule has 4 N–H and O–H groups in total. The molecule has 0 aliphatic rings. The van der Waals surface area contributed by atoms with Gasteiger partial charge in [-0.05, 0) is 6.42 Å². The van der Waals surface area contributed by atoms with E-state index in [2.05, 4.69) is 0 Å². The Kier molecular flexibility index (Phi) is 3.74. The Bertz CT molecular complexity index is 446. The lowest BCUT2D eigenvalue weighted by molar-refractivity contribution is 0.100. The second-order valence-corrected chi connectivity index (χ2v) is 4.42. The van der Waals surface area contributed by atoms with Gasteiger partial charge in [-0.15, -0.1) is 11.3 Å². The smallest absolute Gasteiger partial charge is 0.261 e. The van der Waals surface area contributed by atoms with E-state index in [1.54, 1.807) is 0 Å². The predicted octanol–water partition coefficient (Wildman–Crippen LogP) is 1.15. The largest absolute Gasteiger partial charge is 0.396 e. The number of primary amides is 1. The Morgan fingerprint density at radius 1 is 1.62 bits per heavy atom. The Morgan fingerprint density at radius 3 is 2.69 bits per heavy atom. The standard InChI is InChI=1S/C10H14N4OS/c1-3-4-14(2)10-6(5-11)7(12)8(16-10)9(13)15/h3-4,12H2,1-2H3,(H2,13,15). The zero-order valence-corrected chi connectivity index (χ0v) is 10.1. The van der Waals surface area contributed by atoms with Gasteiger partial charge in [-0.3, -0.25) is 4.79 Å². The highest BCUT2D eigenvalue weighted by Crippen LogP contribution is 2.36. The number of nitriles is 1. The molecule has 0 aliphatic carbocycles. The molecule has 6 heteroatoms. The van der Waals surface area contributed by atoms with E-state index in [1.807, 2.05) is 24.9 Å². The van der Waals surface area contributed by atoms with Crippen molar-refractivity contribution in [2.24, 2.45) is 5.73 Å². The van der Waals surface area contributed by atoms with Crippen LogP contribution in [0.25, 0.3) is 0 Å². The molecule has 86 valence electrons. The molecule has 1 heterocycles. The first-order valence-corrected chi connectivity index (χ1v) is 5.67. The summed E-state index contributed by atoms with van der Waals surface area (Å²) in [6.07, 6.45) is 0.949. The number of carbonyl (C=O) groups is 1. The number of carbonyl (C=O) groups excluding carboxylic acids is 1. The number of amides is 1. The van der Waals surface area contributed by atoms with Crippen molar-refractivity contribution >= 4 is 27.9 Å². The van der Waals surface area contributed by atoms with Gasteiger partial charge in [0.05, 0.1) is 5.69 Å². The topological polar surface area (TPSA) is 96.1 Å². The van der Waals surface area contributed by atoms with E-state index in [0.29, 0.717) is 10.6 Å². The van der Waals surface area contributed by atoms with Crippen LogP contribution < -0.4 is 16.4 Å². The molecule has 16 heavy (non-hydrogen) atoms. The van der Waals surface area contributed by atoms with Crippen molar-refractivity contribution in [2.75, 3.05) is 24.2 Å². The molecule has 0 aromatic carbocycles. The van der Waals surface area contributed by atoms with Crippen LogP contribution in [0.2, 0.25) is 0 Å². The number of anilines is 2. The molecule has 0 unspecified atom stereocenters. The molecule has 0 aliphatic heterocycles. The van der Waals surface area contributed by atoms with Gasteiger partial charge < -0.3 is 16.4 Å². The Labute approximate surface area is 98.3 Å². The van der Waals surface area contributed by atoms with Crippen LogP contribution in [0.1, 0.15) is 28.6 Å². The van der Waals surface area contributed by atoms with Gasteiger partial charge >= 0.3 is 0 Å². The van der Waals surface area contributed by atoms with Crippen LogP contribution in [-0.2, 0) is 0 Å². The molecule has 0 atom stereocenters. The van der Waals surface area contributed by atoms with Crippen LogP contribution in [-0.4, -0.2) is 19.5 Å². The summed E-state index contributed by atoms with van der Waals surface area (Å²) in [7, 11) is 1.86. The number of nitrogens with two attached hydrogens (primary N) is 2. The number of thiophene rings is 1. The molecule has 0 spiro atoms. The van der Waals surface area contributed by atoms with Gasteiger partial charge in [0.2, 0.25) is 0 Å². The van der Waals surface area contributed by atoms with Crippen molar-refractivity contribution in [1.29, 1.82) is 5.26 Å². The van der Waals surface area contributed by atoms with Crippen molar-refractivity contribution < 1.29 is 4.79 Å².